The van der Waals surface area contributed by atoms with Crippen LogP contribution in [0.2, 0.25) is 0 Å². The van der Waals surface area contributed by atoms with Gasteiger partial charge in [0.2, 0.25) is 0 Å². The summed E-state index contributed by atoms with van der Waals surface area (Å²) in [6.07, 6.45) is 1.57. The van der Waals surface area contributed by atoms with E-state index in [2.05, 4.69) is 0 Å². The largest absolute Gasteiger partial charge is 0.481 e. The SMILES string of the molecule is O=C(O)CCCN1C(=O)C(=CC(=O)c2ccc(-c3ccccc3)cc2)SC1=S. The number of hydrogen-bond acceptors (Lipinski definition) is 5. The second kappa shape index (κ2) is 8.95. The first-order valence-electron chi connectivity index (χ1n) is 8.62. The second-order valence-electron chi connectivity index (χ2n) is 6.14. The number of carboxylic acid groups (broad SMARTS) is 1. The van der Waals surface area contributed by atoms with Crippen molar-refractivity contribution in [2.75, 3.05) is 6.54 Å². The standard InChI is InChI=1S/C21H17NO4S2/c23-17(16-10-8-15(9-11-16)14-5-2-1-3-6-14)13-18-20(26)22(21(27)28-18)12-4-7-19(24)25/h1-3,5-6,8-11,13H,4,7,12H2,(H,24,25). The third-order valence-corrected chi connectivity index (χ3v) is 5.56. The third-order valence-electron chi connectivity index (χ3n) is 4.18. The zero-order valence-electron chi connectivity index (χ0n) is 14.8. The summed E-state index contributed by atoms with van der Waals surface area (Å²) < 4.78 is 0.342. The number of hydrogen-bond donors (Lipinski definition) is 1. The molecule has 1 fully saturated rings. The molecule has 0 bridgehead atoms. The number of carbonyl (C=O) groups is 3. The van der Waals surface area contributed by atoms with Crippen molar-refractivity contribution in [2.24, 2.45) is 0 Å². The van der Waals surface area contributed by atoms with Gasteiger partial charge < -0.3 is 5.11 Å². The highest BCUT2D eigenvalue weighted by Gasteiger charge is 2.32. The zero-order chi connectivity index (χ0) is 20.1. The fourth-order valence-electron chi connectivity index (χ4n) is 2.74. The lowest BCUT2D eigenvalue weighted by molar-refractivity contribution is -0.137. The molecule has 1 aliphatic rings. The molecule has 0 radical (unpaired) electrons. The van der Waals surface area contributed by atoms with Crippen LogP contribution in [0.25, 0.3) is 11.1 Å². The molecule has 2 aromatic carbocycles. The number of ketones is 1. The van der Waals surface area contributed by atoms with Crippen LogP contribution in [-0.4, -0.2) is 38.5 Å². The Kier molecular flexibility index (Phi) is 6.38. The number of carboxylic acids is 1. The van der Waals surface area contributed by atoms with E-state index in [-0.39, 0.29) is 29.6 Å². The van der Waals surface area contributed by atoms with Crippen molar-refractivity contribution in [1.82, 2.24) is 4.90 Å². The molecule has 1 aliphatic heterocycles. The molecule has 1 amide bonds. The van der Waals surface area contributed by atoms with Gasteiger partial charge in [-0.2, -0.15) is 0 Å². The Hall–Kier alpha value is -2.77. The van der Waals surface area contributed by atoms with Gasteiger partial charge in [0.25, 0.3) is 5.91 Å². The van der Waals surface area contributed by atoms with E-state index in [0.717, 1.165) is 22.9 Å². The van der Waals surface area contributed by atoms with Gasteiger partial charge >= 0.3 is 5.97 Å². The Morgan fingerprint density at radius 1 is 1.04 bits per heavy atom. The molecule has 142 valence electrons. The van der Waals surface area contributed by atoms with Gasteiger partial charge in [0.05, 0.1) is 4.91 Å². The first kappa shape index (κ1) is 20.0. The van der Waals surface area contributed by atoms with Crippen molar-refractivity contribution in [3.63, 3.8) is 0 Å². The molecule has 3 rings (SSSR count). The second-order valence-corrected chi connectivity index (χ2v) is 7.81. The number of rotatable bonds is 7. The molecule has 1 heterocycles. The summed E-state index contributed by atoms with van der Waals surface area (Å²) in [6, 6.07) is 17.0. The molecule has 0 aromatic heterocycles. The minimum atomic E-state index is -0.921. The monoisotopic (exact) mass is 411 g/mol. The van der Waals surface area contributed by atoms with Crippen LogP contribution < -0.4 is 0 Å². The van der Waals surface area contributed by atoms with Crippen molar-refractivity contribution >= 4 is 46.0 Å². The lowest BCUT2D eigenvalue weighted by atomic mass is 10.0. The van der Waals surface area contributed by atoms with E-state index >= 15 is 0 Å². The number of amides is 1. The Balaban J connectivity index is 1.69. The van der Waals surface area contributed by atoms with Crippen molar-refractivity contribution < 1.29 is 19.5 Å². The number of allylic oxidation sites excluding steroid dienone is 1. The third kappa shape index (κ3) is 4.74. The highest BCUT2D eigenvalue weighted by atomic mass is 32.2. The van der Waals surface area contributed by atoms with Crippen molar-refractivity contribution in [1.29, 1.82) is 0 Å². The molecule has 1 saturated heterocycles. The van der Waals surface area contributed by atoms with Gasteiger partial charge in [-0.15, -0.1) is 0 Å². The first-order valence-corrected chi connectivity index (χ1v) is 9.85. The molecule has 0 aliphatic carbocycles. The van der Waals surface area contributed by atoms with Crippen molar-refractivity contribution in [3.05, 3.63) is 71.1 Å². The molecule has 7 heteroatoms. The zero-order valence-corrected chi connectivity index (χ0v) is 16.5. The van der Waals surface area contributed by atoms with E-state index in [0.29, 0.717) is 16.3 Å². The number of carbonyl (C=O) groups excluding carboxylic acids is 2. The van der Waals surface area contributed by atoms with Gasteiger partial charge in [-0.3, -0.25) is 19.3 Å². The molecule has 0 atom stereocenters. The molecular weight excluding hydrogens is 394 g/mol. The molecule has 1 N–H and O–H groups in total. The molecule has 0 unspecified atom stereocenters. The maximum atomic E-state index is 12.5. The molecule has 28 heavy (non-hydrogen) atoms. The predicted molar refractivity (Wildman–Crippen MR) is 113 cm³/mol. The topological polar surface area (TPSA) is 74.7 Å². The van der Waals surface area contributed by atoms with Crippen LogP contribution in [0, 0.1) is 0 Å². The quantitative estimate of drug-likeness (QED) is 0.419. The summed E-state index contributed by atoms with van der Waals surface area (Å²) in [4.78, 5) is 37.2. The van der Waals surface area contributed by atoms with Crippen LogP contribution >= 0.6 is 24.0 Å². The first-order chi connectivity index (χ1) is 13.5. The normalized spacial score (nSPS) is 15.3. The van der Waals surface area contributed by atoms with Gasteiger partial charge in [-0.05, 0) is 17.5 Å². The maximum Gasteiger partial charge on any atom is 0.303 e. The average molecular weight is 412 g/mol. The van der Waals surface area contributed by atoms with Crippen LogP contribution in [-0.2, 0) is 9.59 Å². The maximum absolute atomic E-state index is 12.5. The van der Waals surface area contributed by atoms with Gasteiger partial charge in [0.1, 0.15) is 4.32 Å². The number of thiocarbonyl (C=S) groups is 1. The van der Waals surface area contributed by atoms with Gasteiger partial charge in [0, 0.05) is 24.6 Å². The van der Waals surface area contributed by atoms with E-state index in [4.69, 9.17) is 17.3 Å². The van der Waals surface area contributed by atoms with Crippen LogP contribution in [0.1, 0.15) is 23.2 Å². The van der Waals surface area contributed by atoms with Crippen molar-refractivity contribution in [2.45, 2.75) is 12.8 Å². The van der Waals surface area contributed by atoms with Crippen LogP contribution in [0.3, 0.4) is 0 Å². The lowest BCUT2D eigenvalue weighted by Gasteiger charge is -2.13. The van der Waals surface area contributed by atoms with Crippen molar-refractivity contribution in [3.8, 4) is 11.1 Å². The van der Waals surface area contributed by atoms with E-state index in [1.807, 2.05) is 42.5 Å². The summed E-state index contributed by atoms with van der Waals surface area (Å²) in [5.74, 6) is -1.55. The highest BCUT2D eigenvalue weighted by Crippen LogP contribution is 2.31. The van der Waals surface area contributed by atoms with Gasteiger partial charge in [0.15, 0.2) is 5.78 Å². The van der Waals surface area contributed by atoms with Gasteiger partial charge in [-0.25, -0.2) is 0 Å². The Morgan fingerprint density at radius 2 is 1.68 bits per heavy atom. The molecule has 0 saturated carbocycles. The fourth-order valence-corrected chi connectivity index (χ4v) is 4.02. The van der Waals surface area contributed by atoms with E-state index in [1.165, 1.54) is 11.0 Å². The number of benzene rings is 2. The van der Waals surface area contributed by atoms with E-state index in [9.17, 15) is 14.4 Å². The van der Waals surface area contributed by atoms with E-state index < -0.39 is 5.97 Å². The minimum absolute atomic E-state index is 0.0389. The fraction of sp³-hybridized carbons (Fsp3) is 0.143. The summed E-state index contributed by atoms with van der Waals surface area (Å²) in [7, 11) is 0. The Bertz CT molecular complexity index is 952. The smallest absolute Gasteiger partial charge is 0.303 e. The number of thioether (sulfide) groups is 1. The molecule has 5 nitrogen and oxygen atoms in total. The number of aliphatic carboxylic acids is 1. The van der Waals surface area contributed by atoms with Crippen LogP contribution in [0.5, 0.6) is 0 Å². The predicted octanol–water partition coefficient (Wildman–Crippen LogP) is 4.15. The lowest BCUT2D eigenvalue weighted by Crippen LogP contribution is -2.29. The molecular formula is C21H17NO4S2. The summed E-state index contributed by atoms with van der Waals surface area (Å²) in [5.41, 5.74) is 2.54. The Labute approximate surface area is 172 Å². The minimum Gasteiger partial charge on any atom is -0.481 e. The average Bonchev–Trinajstić information content (AvgIpc) is 2.96. The summed E-state index contributed by atoms with van der Waals surface area (Å²) in [5, 5.41) is 8.71. The van der Waals surface area contributed by atoms with Gasteiger partial charge in [-0.1, -0.05) is 78.6 Å². The van der Waals surface area contributed by atoms with E-state index in [1.54, 1.807) is 12.1 Å². The van der Waals surface area contributed by atoms with Crippen LogP contribution in [0.4, 0.5) is 0 Å². The summed E-state index contributed by atoms with van der Waals surface area (Å²) in [6.45, 7) is 0.230. The number of nitrogens with zero attached hydrogens (tertiary/aromatic N) is 1. The Morgan fingerprint density at radius 3 is 2.32 bits per heavy atom. The summed E-state index contributed by atoms with van der Waals surface area (Å²) >= 11 is 6.25. The molecule has 2 aromatic rings. The highest BCUT2D eigenvalue weighted by molar-refractivity contribution is 8.26. The van der Waals surface area contributed by atoms with Crippen LogP contribution in [0.15, 0.2) is 65.6 Å². The molecule has 0 spiro atoms.